The monoisotopic (exact) mass is 329 g/mol. The highest BCUT2D eigenvalue weighted by atomic mass is 19.2. The zero-order chi connectivity index (χ0) is 16.9. The number of ether oxygens (including phenoxy) is 1. The van der Waals surface area contributed by atoms with Crippen molar-refractivity contribution in [1.29, 1.82) is 0 Å². The van der Waals surface area contributed by atoms with Crippen LogP contribution in [0.25, 0.3) is 10.9 Å². The van der Waals surface area contributed by atoms with Crippen molar-refractivity contribution in [1.82, 2.24) is 4.57 Å². The maximum absolute atomic E-state index is 14.1. The predicted octanol–water partition coefficient (Wildman–Crippen LogP) is 2.88. The molecule has 1 heterocycles. The van der Waals surface area contributed by atoms with Crippen LogP contribution in [0, 0.1) is 17.5 Å². The van der Waals surface area contributed by atoms with E-state index in [1.165, 1.54) is 6.92 Å². The van der Waals surface area contributed by atoms with Crippen LogP contribution in [0.5, 0.6) is 0 Å². The molecule has 1 fully saturated rings. The minimum atomic E-state index is -1.76. The van der Waals surface area contributed by atoms with E-state index in [0.29, 0.717) is 6.07 Å². The van der Waals surface area contributed by atoms with Gasteiger partial charge in [-0.1, -0.05) is 0 Å². The Hall–Kier alpha value is -2.38. The third kappa shape index (κ3) is 2.38. The number of alkyl halides is 1. The second-order valence-corrected chi connectivity index (χ2v) is 5.20. The SMILES string of the molecule is CCOC(=O)c1cn(C2CC2F)c2c(F)c(F)c(F)cc2c1=O. The number of benzene rings is 1. The van der Waals surface area contributed by atoms with Crippen LogP contribution in [0.1, 0.15) is 29.7 Å². The normalized spacial score (nSPS) is 19.9. The van der Waals surface area contributed by atoms with E-state index in [0.717, 1.165) is 10.8 Å². The Morgan fingerprint density at radius 3 is 2.57 bits per heavy atom. The summed E-state index contributed by atoms with van der Waals surface area (Å²) in [5.41, 5.74) is -2.04. The van der Waals surface area contributed by atoms with Crippen LogP contribution in [-0.2, 0) is 4.74 Å². The number of nitrogens with zero attached hydrogens (tertiary/aromatic N) is 1. The standard InChI is InChI=1S/C15H11F4NO3/c1-2-23-15(22)7-5-20(10-4-8(10)16)13-6(14(7)21)3-9(17)11(18)12(13)19/h3,5,8,10H,2,4H2,1H3. The molecule has 122 valence electrons. The van der Waals surface area contributed by atoms with Gasteiger partial charge in [-0.3, -0.25) is 4.79 Å². The Morgan fingerprint density at radius 1 is 1.35 bits per heavy atom. The van der Waals surface area contributed by atoms with Crippen LogP contribution < -0.4 is 5.43 Å². The highest BCUT2D eigenvalue weighted by Gasteiger charge is 2.41. The topological polar surface area (TPSA) is 48.3 Å². The molecule has 2 aromatic rings. The van der Waals surface area contributed by atoms with Gasteiger partial charge in [0.15, 0.2) is 17.5 Å². The fourth-order valence-corrected chi connectivity index (χ4v) is 2.47. The fourth-order valence-electron chi connectivity index (χ4n) is 2.47. The smallest absolute Gasteiger partial charge is 0.343 e. The van der Waals surface area contributed by atoms with E-state index in [9.17, 15) is 27.2 Å². The Balaban J connectivity index is 2.38. The van der Waals surface area contributed by atoms with Crippen LogP contribution in [0.4, 0.5) is 17.6 Å². The largest absolute Gasteiger partial charge is 0.462 e. The lowest BCUT2D eigenvalue weighted by Crippen LogP contribution is -2.22. The molecule has 1 aliphatic carbocycles. The number of halogens is 4. The lowest BCUT2D eigenvalue weighted by molar-refractivity contribution is 0.0524. The lowest BCUT2D eigenvalue weighted by Gasteiger charge is -2.13. The quantitative estimate of drug-likeness (QED) is 0.494. The summed E-state index contributed by atoms with van der Waals surface area (Å²) < 4.78 is 60.1. The molecule has 0 bridgehead atoms. The molecular formula is C15H11F4NO3. The van der Waals surface area contributed by atoms with Crippen LogP contribution in [0.2, 0.25) is 0 Å². The van der Waals surface area contributed by atoms with Gasteiger partial charge in [0, 0.05) is 12.6 Å². The third-order valence-corrected chi connectivity index (χ3v) is 3.69. The van der Waals surface area contributed by atoms with E-state index in [-0.39, 0.29) is 13.0 Å². The van der Waals surface area contributed by atoms with Crippen LogP contribution in [-0.4, -0.2) is 23.3 Å². The van der Waals surface area contributed by atoms with Gasteiger partial charge in [0.1, 0.15) is 11.7 Å². The van der Waals surface area contributed by atoms with Crippen molar-refractivity contribution in [3.63, 3.8) is 0 Å². The molecule has 23 heavy (non-hydrogen) atoms. The number of aromatic nitrogens is 1. The molecule has 2 atom stereocenters. The number of hydrogen-bond donors (Lipinski definition) is 0. The van der Waals surface area contributed by atoms with Gasteiger partial charge in [0.05, 0.1) is 23.6 Å². The molecule has 1 aliphatic rings. The molecule has 0 N–H and O–H groups in total. The highest BCUT2D eigenvalue weighted by molar-refractivity contribution is 5.94. The minimum absolute atomic E-state index is 0.0163. The second kappa shape index (κ2) is 5.36. The summed E-state index contributed by atoms with van der Waals surface area (Å²) in [5.74, 6) is -5.90. The van der Waals surface area contributed by atoms with Crippen molar-refractivity contribution in [3.8, 4) is 0 Å². The van der Waals surface area contributed by atoms with E-state index in [4.69, 9.17) is 4.74 Å². The van der Waals surface area contributed by atoms with E-state index >= 15 is 0 Å². The van der Waals surface area contributed by atoms with Gasteiger partial charge in [-0.15, -0.1) is 0 Å². The highest BCUT2D eigenvalue weighted by Crippen LogP contribution is 2.41. The van der Waals surface area contributed by atoms with Gasteiger partial charge in [-0.2, -0.15) is 0 Å². The molecule has 1 aromatic carbocycles. The summed E-state index contributed by atoms with van der Waals surface area (Å²) in [4.78, 5) is 24.1. The van der Waals surface area contributed by atoms with Crippen LogP contribution in [0.15, 0.2) is 17.1 Å². The first-order valence-corrected chi connectivity index (χ1v) is 6.90. The van der Waals surface area contributed by atoms with Gasteiger partial charge in [0.25, 0.3) is 0 Å². The number of fused-ring (bicyclic) bond motifs is 1. The minimum Gasteiger partial charge on any atom is -0.462 e. The Bertz CT molecular complexity index is 877. The van der Waals surface area contributed by atoms with Crippen LogP contribution >= 0.6 is 0 Å². The van der Waals surface area contributed by atoms with Crippen LogP contribution in [0.3, 0.4) is 0 Å². The van der Waals surface area contributed by atoms with E-state index in [1.807, 2.05) is 0 Å². The Labute approximate surface area is 127 Å². The summed E-state index contributed by atoms with van der Waals surface area (Å²) >= 11 is 0. The van der Waals surface area contributed by atoms with Crippen molar-refractivity contribution >= 4 is 16.9 Å². The lowest BCUT2D eigenvalue weighted by atomic mass is 10.1. The van der Waals surface area contributed by atoms with Gasteiger partial charge in [-0.05, 0) is 13.0 Å². The van der Waals surface area contributed by atoms with Gasteiger partial charge in [0.2, 0.25) is 5.43 Å². The van der Waals surface area contributed by atoms with Gasteiger partial charge < -0.3 is 9.30 Å². The molecule has 1 saturated carbocycles. The average Bonchev–Trinajstić information content (AvgIpc) is 3.23. The van der Waals surface area contributed by atoms with Crippen molar-refractivity contribution in [2.75, 3.05) is 6.61 Å². The molecule has 0 saturated heterocycles. The Kier molecular flexibility index (Phi) is 3.62. The number of rotatable bonds is 3. The molecule has 8 heteroatoms. The summed E-state index contributed by atoms with van der Waals surface area (Å²) in [6, 6.07) is -0.337. The third-order valence-electron chi connectivity index (χ3n) is 3.69. The molecule has 1 aromatic heterocycles. The molecule has 4 nitrogen and oxygen atoms in total. The molecular weight excluding hydrogens is 318 g/mol. The molecule has 0 radical (unpaired) electrons. The molecule has 0 amide bonds. The number of esters is 1. The molecule has 0 spiro atoms. The zero-order valence-electron chi connectivity index (χ0n) is 11.9. The van der Waals surface area contributed by atoms with E-state index in [2.05, 4.69) is 0 Å². The maximum Gasteiger partial charge on any atom is 0.343 e. The van der Waals surface area contributed by atoms with E-state index in [1.54, 1.807) is 0 Å². The Morgan fingerprint density at radius 2 is 2.00 bits per heavy atom. The summed E-state index contributed by atoms with van der Waals surface area (Å²) in [6.45, 7) is 1.50. The summed E-state index contributed by atoms with van der Waals surface area (Å²) in [7, 11) is 0. The zero-order valence-corrected chi connectivity index (χ0v) is 11.9. The maximum atomic E-state index is 14.1. The number of carbonyl (C=O) groups is 1. The van der Waals surface area contributed by atoms with Crippen molar-refractivity contribution < 1.29 is 27.1 Å². The first-order valence-electron chi connectivity index (χ1n) is 6.90. The van der Waals surface area contributed by atoms with Gasteiger partial charge >= 0.3 is 5.97 Å². The van der Waals surface area contributed by atoms with Gasteiger partial charge in [-0.25, -0.2) is 22.4 Å². The molecule has 0 aliphatic heterocycles. The fraction of sp³-hybridized carbons (Fsp3) is 0.333. The molecule has 2 unspecified atom stereocenters. The first kappa shape index (κ1) is 15.5. The molecule has 3 rings (SSSR count). The first-order chi connectivity index (χ1) is 10.9. The number of pyridine rings is 1. The number of carbonyl (C=O) groups excluding carboxylic acids is 1. The average molecular weight is 329 g/mol. The summed E-state index contributed by atoms with van der Waals surface area (Å²) in [5, 5.41) is -0.536. The van der Waals surface area contributed by atoms with Crippen molar-refractivity contribution in [2.24, 2.45) is 0 Å². The van der Waals surface area contributed by atoms with Crippen molar-refractivity contribution in [3.05, 3.63) is 45.5 Å². The predicted molar refractivity (Wildman–Crippen MR) is 72.6 cm³/mol. The number of hydrogen-bond acceptors (Lipinski definition) is 3. The second-order valence-electron chi connectivity index (χ2n) is 5.20. The van der Waals surface area contributed by atoms with Crippen molar-refractivity contribution in [2.45, 2.75) is 25.6 Å². The summed E-state index contributed by atoms with van der Waals surface area (Å²) in [6.07, 6.45) is -0.352. The van der Waals surface area contributed by atoms with E-state index < -0.39 is 57.5 Å².